The number of aliphatic hydroxyl groups excluding tert-OH is 6. The fraction of sp³-hybridized carbons (Fsp3) is 0.829. The first-order chi connectivity index (χ1) is 25.9. The van der Waals surface area contributed by atoms with E-state index in [4.69, 9.17) is 23.7 Å². The molecule has 17 atom stereocenters. The molecule has 2 heterocycles. The van der Waals surface area contributed by atoms with Crippen LogP contribution in [0, 0.1) is 46.3 Å². The Labute approximate surface area is 323 Å². The van der Waals surface area contributed by atoms with Gasteiger partial charge in [-0.25, -0.2) is 4.79 Å². The summed E-state index contributed by atoms with van der Waals surface area (Å²) < 4.78 is 28.0. The van der Waals surface area contributed by atoms with E-state index in [1.165, 1.54) is 0 Å². The highest BCUT2D eigenvalue weighted by molar-refractivity contribution is 6.02. The quantitative estimate of drug-likeness (QED) is 0.131. The number of fused-ring (bicyclic) bond motifs is 5. The molecule has 0 unspecified atom stereocenters. The second-order valence-corrected chi connectivity index (χ2v) is 17.9. The average molecular weight is 779 g/mol. The number of carbonyl (C=O) groups excluding carboxylic acids is 3. The van der Waals surface area contributed by atoms with Gasteiger partial charge in [0.2, 0.25) is 5.78 Å². The van der Waals surface area contributed by atoms with Crippen molar-refractivity contribution < 1.29 is 68.7 Å². The van der Waals surface area contributed by atoms with Crippen molar-refractivity contribution in [2.24, 2.45) is 46.3 Å². The van der Waals surface area contributed by atoms with Crippen LogP contribution in [0.15, 0.2) is 23.0 Å². The van der Waals surface area contributed by atoms with Gasteiger partial charge in [-0.2, -0.15) is 0 Å². The van der Waals surface area contributed by atoms with Crippen LogP contribution in [0.5, 0.6) is 0 Å². The number of Topliss-reactive ketones (excluding diaryl/α,β-unsaturated/α-hetero) is 2. The second-order valence-electron chi connectivity index (χ2n) is 17.9. The molecule has 0 spiro atoms. The van der Waals surface area contributed by atoms with E-state index in [1.54, 1.807) is 0 Å². The van der Waals surface area contributed by atoms with Crippen LogP contribution in [0.25, 0.3) is 0 Å². The highest BCUT2D eigenvalue weighted by Crippen LogP contribution is 2.65. The zero-order valence-electron chi connectivity index (χ0n) is 33.1. The van der Waals surface area contributed by atoms with Crippen LogP contribution in [0.2, 0.25) is 0 Å². The predicted octanol–water partition coefficient (Wildman–Crippen LogP) is 2.66. The van der Waals surface area contributed by atoms with E-state index in [0.717, 1.165) is 37.5 Å². The molecule has 0 aromatic heterocycles. The van der Waals surface area contributed by atoms with Gasteiger partial charge in [0.25, 0.3) is 0 Å². The number of allylic oxidation sites excluding steroid dienone is 4. The fourth-order valence-electron chi connectivity index (χ4n) is 11.3. The molecule has 0 aromatic rings. The Kier molecular flexibility index (Phi) is 12.4. The lowest BCUT2D eigenvalue weighted by molar-refractivity contribution is -0.350. The summed E-state index contributed by atoms with van der Waals surface area (Å²) in [5.74, 6) is -1.48. The number of ketones is 2. The maximum Gasteiger partial charge on any atom is 0.337 e. The number of aliphatic hydroxyl groups is 6. The predicted molar refractivity (Wildman–Crippen MR) is 195 cm³/mol. The Hall–Kier alpha value is -2.27. The topological polar surface area (TPSA) is 219 Å². The molecule has 4 fully saturated rings. The largest absolute Gasteiger partial charge is 0.504 e. The van der Waals surface area contributed by atoms with Crippen molar-refractivity contribution in [3.63, 3.8) is 0 Å². The average Bonchev–Trinajstić information content (AvgIpc) is 3.34. The molecule has 0 radical (unpaired) electrons. The molecule has 0 aromatic carbocycles. The Balaban J connectivity index is 1.16. The standard InChI is InChI=1S/C41H62O14/c1-8-22(18(2)3)25(42)15-19(4)27-30(45)31(46)28-23-10-9-20-16-21(11-13-40(20,5)24(23)12-14-41(27,28)6)53-39-34(49)35(33(48)36(55-39)37(50)51-7)54-38-32(47)29(44)26(43)17-52-38/h10,18-22,24,26,28-29,32-36,38-39,43-45,47-49H,8-9,11-17H2,1-7H3/t19-,20+,21+,22+,24+,26-,28+,29+,32-,33+,34-,35+,36+,38+,39-,40+,41-/m1/s1. The zero-order valence-corrected chi connectivity index (χ0v) is 33.1. The smallest absolute Gasteiger partial charge is 0.337 e. The highest BCUT2D eigenvalue weighted by atomic mass is 16.7. The summed E-state index contributed by atoms with van der Waals surface area (Å²) in [4.78, 5) is 40.0. The number of carbonyl (C=O) groups is 3. The third kappa shape index (κ3) is 7.37. The summed E-state index contributed by atoms with van der Waals surface area (Å²) in [5, 5.41) is 64.3. The van der Waals surface area contributed by atoms with E-state index < -0.39 is 78.7 Å². The van der Waals surface area contributed by atoms with Gasteiger partial charge in [-0.05, 0) is 79.6 Å². The fourth-order valence-corrected chi connectivity index (χ4v) is 11.3. The minimum Gasteiger partial charge on any atom is -0.504 e. The van der Waals surface area contributed by atoms with Crippen molar-refractivity contribution in [3.8, 4) is 0 Å². The zero-order chi connectivity index (χ0) is 40.3. The highest BCUT2D eigenvalue weighted by Gasteiger charge is 2.61. The summed E-state index contributed by atoms with van der Waals surface area (Å²) in [7, 11) is 1.12. The number of hydrogen-bond donors (Lipinski definition) is 6. The van der Waals surface area contributed by atoms with Crippen molar-refractivity contribution in [1.29, 1.82) is 0 Å². The first-order valence-corrected chi connectivity index (χ1v) is 20.2. The van der Waals surface area contributed by atoms with E-state index in [-0.39, 0.29) is 58.9 Å². The van der Waals surface area contributed by atoms with Gasteiger partial charge in [-0.3, -0.25) is 9.59 Å². The minimum atomic E-state index is -1.75. The maximum atomic E-state index is 14.0. The number of ether oxygens (including phenoxy) is 5. The normalized spacial score (nSPS) is 44.3. The summed E-state index contributed by atoms with van der Waals surface area (Å²) in [6, 6.07) is 0. The SMILES string of the molecule is CC[C@H](C(=O)C[C@@H](C)C1=C(O)C(=O)[C@@H]2C3=CC[C@H]4C[C@@H](O[C@@H]5O[C@H](C(=O)OC)[C@@H](O)[C@H](O[C@@H]6OC[C@@H](O)[C@H](O)[C@H]6O)[C@H]5O)CC[C@]4(C)[C@H]3CC[C@]12C)C(C)C. The van der Waals surface area contributed by atoms with Gasteiger partial charge in [0.1, 0.15) is 42.4 Å². The molecule has 14 heteroatoms. The lowest BCUT2D eigenvalue weighted by Crippen LogP contribution is -2.64. The summed E-state index contributed by atoms with van der Waals surface area (Å²) in [6.07, 6.45) is -7.26. The molecule has 0 bridgehead atoms. The van der Waals surface area contributed by atoms with Crippen LogP contribution >= 0.6 is 0 Å². The summed E-state index contributed by atoms with van der Waals surface area (Å²) in [6.45, 7) is 12.1. The van der Waals surface area contributed by atoms with Crippen LogP contribution in [0.4, 0.5) is 0 Å². The van der Waals surface area contributed by atoms with Gasteiger partial charge in [0.15, 0.2) is 24.4 Å². The molecule has 55 heavy (non-hydrogen) atoms. The number of rotatable bonds is 11. The van der Waals surface area contributed by atoms with E-state index in [1.807, 2.05) is 13.8 Å². The van der Waals surface area contributed by atoms with Gasteiger partial charge in [0.05, 0.1) is 25.7 Å². The summed E-state index contributed by atoms with van der Waals surface area (Å²) in [5.41, 5.74) is 1.05. The molecule has 6 aliphatic rings. The molecule has 2 aliphatic heterocycles. The van der Waals surface area contributed by atoms with Gasteiger partial charge in [-0.1, -0.05) is 53.2 Å². The maximum absolute atomic E-state index is 14.0. The lowest BCUT2D eigenvalue weighted by atomic mass is 9.47. The van der Waals surface area contributed by atoms with Crippen molar-refractivity contribution >= 4 is 17.5 Å². The van der Waals surface area contributed by atoms with Gasteiger partial charge in [-0.15, -0.1) is 0 Å². The van der Waals surface area contributed by atoms with Gasteiger partial charge in [0, 0.05) is 17.8 Å². The van der Waals surface area contributed by atoms with Crippen LogP contribution in [0.1, 0.15) is 92.9 Å². The molecular weight excluding hydrogens is 716 g/mol. The van der Waals surface area contributed by atoms with Crippen LogP contribution in [-0.4, -0.2) is 123 Å². The molecule has 0 amide bonds. The van der Waals surface area contributed by atoms with Crippen LogP contribution < -0.4 is 0 Å². The van der Waals surface area contributed by atoms with E-state index in [2.05, 4.69) is 33.8 Å². The van der Waals surface area contributed by atoms with Gasteiger partial charge < -0.3 is 54.3 Å². The summed E-state index contributed by atoms with van der Waals surface area (Å²) >= 11 is 0. The van der Waals surface area contributed by atoms with Crippen molar-refractivity contribution in [2.75, 3.05) is 13.7 Å². The molecule has 14 nitrogen and oxygen atoms in total. The Morgan fingerprint density at radius 3 is 2.33 bits per heavy atom. The first kappa shape index (κ1) is 42.3. The molecule has 4 aliphatic carbocycles. The molecule has 6 rings (SSSR count). The second kappa shape index (κ2) is 16.2. The van der Waals surface area contributed by atoms with Gasteiger partial charge >= 0.3 is 5.97 Å². The first-order valence-electron chi connectivity index (χ1n) is 20.2. The Bertz CT molecular complexity index is 1530. The minimum absolute atomic E-state index is 0.0572. The van der Waals surface area contributed by atoms with E-state index >= 15 is 0 Å². The van der Waals surface area contributed by atoms with E-state index in [0.29, 0.717) is 32.1 Å². The molecule has 2 saturated heterocycles. The Morgan fingerprint density at radius 1 is 0.964 bits per heavy atom. The lowest BCUT2D eigenvalue weighted by Gasteiger charge is -2.57. The van der Waals surface area contributed by atoms with E-state index in [9.17, 15) is 45.0 Å². The van der Waals surface area contributed by atoms with Crippen molar-refractivity contribution in [3.05, 3.63) is 23.0 Å². The van der Waals surface area contributed by atoms with Crippen LogP contribution in [-0.2, 0) is 38.1 Å². The van der Waals surface area contributed by atoms with Crippen molar-refractivity contribution in [2.45, 2.75) is 154 Å². The van der Waals surface area contributed by atoms with Crippen molar-refractivity contribution in [1.82, 2.24) is 0 Å². The molecule has 2 saturated carbocycles. The Morgan fingerprint density at radius 2 is 1.67 bits per heavy atom. The third-order valence-electron chi connectivity index (χ3n) is 14.3. The monoisotopic (exact) mass is 778 g/mol. The third-order valence-corrected chi connectivity index (χ3v) is 14.3. The molecule has 310 valence electrons. The van der Waals surface area contributed by atoms with Crippen LogP contribution in [0.3, 0.4) is 0 Å². The molecule has 6 N–H and O–H groups in total. The molecular formula is C41H62O14. The number of methoxy groups -OCH3 is 1. The number of esters is 1. The number of hydrogen-bond acceptors (Lipinski definition) is 14.